The van der Waals surface area contributed by atoms with Gasteiger partial charge >= 0.3 is 5.97 Å². The molecule has 0 radical (unpaired) electrons. The van der Waals surface area contributed by atoms with Gasteiger partial charge in [0, 0.05) is 0 Å². The third-order valence-electron chi connectivity index (χ3n) is 5.95. The summed E-state index contributed by atoms with van der Waals surface area (Å²) >= 11 is 2.98. The molecule has 1 aliphatic rings. The summed E-state index contributed by atoms with van der Waals surface area (Å²) in [5, 5.41) is 1.77. The molecule has 1 saturated heterocycles. The van der Waals surface area contributed by atoms with Gasteiger partial charge in [-0.25, -0.2) is 0 Å². The zero-order chi connectivity index (χ0) is 27.2. The van der Waals surface area contributed by atoms with E-state index in [1.165, 1.54) is 0 Å². The van der Waals surface area contributed by atoms with Gasteiger partial charge in [0.05, 0.1) is 21.2 Å². The lowest BCUT2D eigenvalue weighted by Gasteiger charge is -2.16. The number of benzene rings is 3. The molecule has 1 heterocycles. The van der Waals surface area contributed by atoms with Gasteiger partial charge in [0.1, 0.15) is 13.2 Å². The van der Waals surface area contributed by atoms with Crippen molar-refractivity contribution in [2.45, 2.75) is 39.9 Å². The van der Waals surface area contributed by atoms with Gasteiger partial charge < -0.3 is 14.2 Å². The standard InChI is InChI=1S/C29H28INO6S/c1-4-18(3)37-26(32)16-31-28(33)25(38-29(31)34)15-19-13-23(30)27(24(14-19)35-5-2)36-17-21-11-8-10-20-9-6-7-12-22(20)21/h6-15,18H,4-5,16-17H2,1-3H3/b25-15+/t18-/m0/s1. The number of carbonyl (C=O) groups is 3. The van der Waals surface area contributed by atoms with E-state index in [0.717, 1.165) is 36.6 Å². The molecule has 0 bridgehead atoms. The second-order valence-corrected chi connectivity index (χ2v) is 10.8. The van der Waals surface area contributed by atoms with Gasteiger partial charge in [-0.15, -0.1) is 0 Å². The number of ether oxygens (including phenoxy) is 3. The summed E-state index contributed by atoms with van der Waals surface area (Å²) in [4.78, 5) is 38.6. The first-order valence-electron chi connectivity index (χ1n) is 12.3. The molecule has 0 aliphatic carbocycles. The summed E-state index contributed by atoms with van der Waals surface area (Å²) in [5.41, 5.74) is 1.74. The van der Waals surface area contributed by atoms with Crippen molar-refractivity contribution in [2.75, 3.05) is 13.2 Å². The topological polar surface area (TPSA) is 82.1 Å². The Bertz CT molecular complexity index is 1400. The zero-order valence-electron chi connectivity index (χ0n) is 21.4. The quantitative estimate of drug-likeness (QED) is 0.136. The van der Waals surface area contributed by atoms with Gasteiger partial charge in [0.25, 0.3) is 11.1 Å². The summed E-state index contributed by atoms with van der Waals surface area (Å²) in [6, 6.07) is 17.9. The molecule has 0 aromatic heterocycles. The fourth-order valence-corrected chi connectivity index (χ4v) is 5.52. The number of amides is 2. The molecule has 2 amide bonds. The molecular formula is C29H28INO6S. The number of thioether (sulfide) groups is 1. The van der Waals surface area contributed by atoms with Crippen molar-refractivity contribution in [2.24, 2.45) is 0 Å². The first-order valence-corrected chi connectivity index (χ1v) is 14.2. The minimum Gasteiger partial charge on any atom is -0.490 e. The molecule has 198 valence electrons. The number of hydrogen-bond donors (Lipinski definition) is 0. The number of carbonyl (C=O) groups excluding carboxylic acids is 3. The van der Waals surface area contributed by atoms with Crippen LogP contribution in [0.15, 0.2) is 59.5 Å². The van der Waals surface area contributed by atoms with Crippen LogP contribution in [0.2, 0.25) is 0 Å². The van der Waals surface area contributed by atoms with Crippen LogP contribution >= 0.6 is 34.4 Å². The summed E-state index contributed by atoms with van der Waals surface area (Å²) < 4.78 is 18.1. The van der Waals surface area contributed by atoms with Gasteiger partial charge in [0.2, 0.25) is 0 Å². The number of nitrogens with zero attached hydrogens (tertiary/aromatic N) is 1. The van der Waals surface area contributed by atoms with Gasteiger partial charge in [-0.1, -0.05) is 49.4 Å². The molecule has 0 unspecified atom stereocenters. The highest BCUT2D eigenvalue weighted by atomic mass is 127. The predicted molar refractivity (Wildman–Crippen MR) is 157 cm³/mol. The van der Waals surface area contributed by atoms with E-state index in [9.17, 15) is 14.4 Å². The van der Waals surface area contributed by atoms with E-state index >= 15 is 0 Å². The van der Waals surface area contributed by atoms with Crippen molar-refractivity contribution < 1.29 is 28.6 Å². The highest BCUT2D eigenvalue weighted by Gasteiger charge is 2.37. The highest BCUT2D eigenvalue weighted by Crippen LogP contribution is 2.38. The first kappa shape index (κ1) is 28.0. The van der Waals surface area contributed by atoms with Crippen molar-refractivity contribution in [3.63, 3.8) is 0 Å². The molecule has 3 aromatic rings. The molecule has 1 fully saturated rings. The monoisotopic (exact) mass is 645 g/mol. The van der Waals surface area contributed by atoms with Gasteiger partial charge in [-0.05, 0) is 94.7 Å². The van der Waals surface area contributed by atoms with E-state index in [0.29, 0.717) is 36.7 Å². The first-order chi connectivity index (χ1) is 18.3. The molecule has 9 heteroatoms. The van der Waals surface area contributed by atoms with Crippen LogP contribution < -0.4 is 9.47 Å². The second kappa shape index (κ2) is 12.7. The fourth-order valence-electron chi connectivity index (χ4n) is 3.90. The Morgan fingerprint density at radius 1 is 1.08 bits per heavy atom. The van der Waals surface area contributed by atoms with Crippen molar-refractivity contribution in [3.8, 4) is 11.5 Å². The molecule has 1 atom stereocenters. The van der Waals surface area contributed by atoms with Crippen LogP contribution in [0.4, 0.5) is 4.79 Å². The summed E-state index contributed by atoms with van der Waals surface area (Å²) in [7, 11) is 0. The third-order valence-corrected chi connectivity index (χ3v) is 7.66. The van der Waals surface area contributed by atoms with E-state index in [2.05, 4.69) is 40.8 Å². The van der Waals surface area contributed by atoms with Crippen LogP contribution in [0.3, 0.4) is 0 Å². The van der Waals surface area contributed by atoms with Crippen molar-refractivity contribution in [1.29, 1.82) is 0 Å². The molecule has 0 N–H and O–H groups in total. The Morgan fingerprint density at radius 3 is 2.61 bits per heavy atom. The molecular weight excluding hydrogens is 617 g/mol. The SMILES string of the molecule is CCOc1cc(/C=C2/SC(=O)N(CC(=O)O[C@@H](C)CC)C2=O)cc(I)c1OCc1cccc2ccccc12. The largest absolute Gasteiger partial charge is 0.490 e. The summed E-state index contributed by atoms with van der Waals surface area (Å²) in [5.74, 6) is 0.0230. The van der Waals surface area contributed by atoms with Crippen molar-refractivity contribution in [3.05, 3.63) is 74.2 Å². The minimum atomic E-state index is -0.608. The Morgan fingerprint density at radius 2 is 1.84 bits per heavy atom. The minimum absolute atomic E-state index is 0.231. The van der Waals surface area contributed by atoms with E-state index in [-0.39, 0.29) is 11.0 Å². The fraction of sp³-hybridized carbons (Fsp3) is 0.276. The van der Waals surface area contributed by atoms with E-state index in [1.807, 2.05) is 44.2 Å². The molecule has 38 heavy (non-hydrogen) atoms. The molecule has 1 aliphatic heterocycles. The maximum Gasteiger partial charge on any atom is 0.326 e. The smallest absolute Gasteiger partial charge is 0.326 e. The molecule has 0 spiro atoms. The van der Waals surface area contributed by atoms with Crippen molar-refractivity contribution >= 4 is 68.3 Å². The van der Waals surface area contributed by atoms with Crippen LogP contribution in [-0.4, -0.2) is 41.3 Å². The number of hydrogen-bond acceptors (Lipinski definition) is 7. The van der Waals surface area contributed by atoms with Crippen LogP contribution in [0.25, 0.3) is 16.8 Å². The van der Waals surface area contributed by atoms with Crippen LogP contribution in [0.5, 0.6) is 11.5 Å². The third kappa shape index (κ3) is 6.50. The highest BCUT2D eigenvalue weighted by molar-refractivity contribution is 14.1. The summed E-state index contributed by atoms with van der Waals surface area (Å²) in [6.07, 6.45) is 2.00. The molecule has 0 saturated carbocycles. The van der Waals surface area contributed by atoms with E-state index in [4.69, 9.17) is 14.2 Å². The number of esters is 1. The van der Waals surface area contributed by atoms with Crippen LogP contribution in [0, 0.1) is 3.57 Å². The normalized spacial score (nSPS) is 15.3. The number of rotatable bonds is 10. The lowest BCUT2D eigenvalue weighted by atomic mass is 10.1. The van der Waals surface area contributed by atoms with Gasteiger partial charge in [-0.2, -0.15) is 0 Å². The predicted octanol–water partition coefficient (Wildman–Crippen LogP) is 6.80. The number of halogens is 1. The Labute approximate surface area is 239 Å². The van der Waals surface area contributed by atoms with E-state index < -0.39 is 23.7 Å². The average molecular weight is 646 g/mol. The Kier molecular flexibility index (Phi) is 9.32. The maximum atomic E-state index is 12.9. The Hall–Kier alpha value is -3.05. The molecule has 4 rings (SSSR count). The maximum absolute atomic E-state index is 12.9. The van der Waals surface area contributed by atoms with Crippen molar-refractivity contribution in [1.82, 2.24) is 4.90 Å². The van der Waals surface area contributed by atoms with Gasteiger partial charge in [-0.3, -0.25) is 19.3 Å². The van der Waals surface area contributed by atoms with Crippen LogP contribution in [0.1, 0.15) is 38.3 Å². The second-order valence-electron chi connectivity index (χ2n) is 8.67. The lowest BCUT2D eigenvalue weighted by Crippen LogP contribution is -2.35. The van der Waals surface area contributed by atoms with Gasteiger partial charge in [0.15, 0.2) is 11.5 Å². The number of imide groups is 1. The molecule has 3 aromatic carbocycles. The number of fused-ring (bicyclic) bond motifs is 1. The summed E-state index contributed by atoms with van der Waals surface area (Å²) in [6.45, 7) is 5.92. The molecule has 7 nitrogen and oxygen atoms in total. The zero-order valence-corrected chi connectivity index (χ0v) is 24.3. The lowest BCUT2D eigenvalue weighted by molar-refractivity contribution is -0.150. The van der Waals surface area contributed by atoms with Crippen LogP contribution in [-0.2, 0) is 20.9 Å². The Balaban J connectivity index is 1.54. The average Bonchev–Trinajstić information content (AvgIpc) is 3.15. The van der Waals surface area contributed by atoms with E-state index in [1.54, 1.807) is 19.1 Å².